The van der Waals surface area contributed by atoms with Crippen molar-refractivity contribution in [2.75, 3.05) is 5.32 Å². The number of hydrogen-bond donors (Lipinski definition) is 2. The van der Waals surface area contributed by atoms with Crippen molar-refractivity contribution in [1.82, 2.24) is 14.5 Å². The number of alkyl halides is 2. The molecule has 3 heterocycles. The highest BCUT2D eigenvalue weighted by Gasteiger charge is 2.27. The van der Waals surface area contributed by atoms with Crippen molar-refractivity contribution < 1.29 is 18.0 Å². The first kappa shape index (κ1) is 23.3. The van der Waals surface area contributed by atoms with Crippen molar-refractivity contribution in [1.29, 1.82) is 0 Å². The van der Waals surface area contributed by atoms with Gasteiger partial charge in [-0.25, -0.2) is 18.2 Å². The van der Waals surface area contributed by atoms with Crippen LogP contribution in [0.3, 0.4) is 0 Å². The van der Waals surface area contributed by atoms with Gasteiger partial charge in [-0.15, -0.1) is 0 Å². The number of fused-ring (bicyclic) bond motifs is 1. The van der Waals surface area contributed by atoms with E-state index in [4.69, 9.17) is 0 Å². The molecule has 1 aliphatic carbocycles. The summed E-state index contributed by atoms with van der Waals surface area (Å²) in [6, 6.07) is 10.3. The number of aromatic amines is 1. The molecule has 3 aromatic heterocycles. The van der Waals surface area contributed by atoms with Crippen LogP contribution in [0.15, 0.2) is 64.1 Å². The van der Waals surface area contributed by atoms with Gasteiger partial charge in [0.1, 0.15) is 11.6 Å². The van der Waals surface area contributed by atoms with Crippen LogP contribution in [0, 0.1) is 5.82 Å². The lowest BCUT2D eigenvalue weighted by Crippen LogP contribution is -2.23. The van der Waals surface area contributed by atoms with E-state index in [-0.39, 0.29) is 23.0 Å². The summed E-state index contributed by atoms with van der Waals surface area (Å²) in [6.07, 6.45) is 1.79. The Labute approximate surface area is 206 Å². The lowest BCUT2D eigenvalue weighted by molar-refractivity contribution is -0.118. The molecule has 2 N–H and O–H groups in total. The summed E-state index contributed by atoms with van der Waals surface area (Å²) in [6.45, 7) is 0. The maximum absolute atomic E-state index is 13.3. The first-order chi connectivity index (χ1) is 16.8. The van der Waals surface area contributed by atoms with Crippen molar-refractivity contribution >= 4 is 38.6 Å². The van der Waals surface area contributed by atoms with Crippen LogP contribution in [-0.4, -0.2) is 26.9 Å². The molecule has 0 spiro atoms. The number of aromatic nitrogens is 3. The molecule has 1 aliphatic rings. The largest absolute Gasteiger partial charge is 0.353 e. The Balaban J connectivity index is 1.44. The Hall–Kier alpha value is -3.40. The summed E-state index contributed by atoms with van der Waals surface area (Å²) < 4.78 is 42.0. The fourth-order valence-corrected chi connectivity index (χ4v) is 4.87. The number of carbonyl (C=O) groups is 1. The molecule has 35 heavy (non-hydrogen) atoms. The first-order valence-electron chi connectivity index (χ1n) is 11.0. The third-order valence-electron chi connectivity index (χ3n) is 6.06. The summed E-state index contributed by atoms with van der Waals surface area (Å²) in [4.78, 5) is 33.2. The number of nitrogens with one attached hydrogen (secondary N) is 2. The van der Waals surface area contributed by atoms with Crippen LogP contribution < -0.4 is 10.9 Å². The quantitative estimate of drug-likeness (QED) is 0.299. The van der Waals surface area contributed by atoms with Crippen molar-refractivity contribution in [3.8, 4) is 11.3 Å². The van der Waals surface area contributed by atoms with Crippen molar-refractivity contribution in [2.24, 2.45) is 0 Å². The van der Waals surface area contributed by atoms with Gasteiger partial charge in [0.05, 0.1) is 27.0 Å². The number of benzene rings is 1. The number of hydrogen-bond acceptors (Lipinski definition) is 3. The van der Waals surface area contributed by atoms with Gasteiger partial charge in [0.25, 0.3) is 5.56 Å². The second kappa shape index (κ2) is 9.33. The summed E-state index contributed by atoms with van der Waals surface area (Å²) in [5.41, 5.74) is 2.14. The first-order valence-corrected chi connectivity index (χ1v) is 11.8. The highest BCUT2D eigenvalue weighted by Crippen LogP contribution is 2.37. The summed E-state index contributed by atoms with van der Waals surface area (Å²) >= 11 is 3.54. The van der Waals surface area contributed by atoms with Gasteiger partial charge in [-0.3, -0.25) is 9.59 Å². The van der Waals surface area contributed by atoms with Crippen LogP contribution in [0.2, 0.25) is 0 Å². The van der Waals surface area contributed by atoms with Crippen LogP contribution in [-0.2, 0) is 4.79 Å². The highest BCUT2D eigenvalue weighted by molar-refractivity contribution is 9.10. The number of anilines is 1. The van der Waals surface area contributed by atoms with Crippen LogP contribution in [0.25, 0.3) is 22.2 Å². The standard InChI is InChI=1S/C25H20BrF3N4O2/c26-22-21-18(8-10-33(25(21)35)16-5-6-16)31-23(22)14-7-9-30-20(11-14)32-24(34)17(12-19(28)29)13-1-3-15(27)4-2-13/h1-4,7-11,16-17,19,31H,5-6,12H2,(H,30,32,34). The van der Waals surface area contributed by atoms with Gasteiger partial charge in [0.2, 0.25) is 12.3 Å². The minimum atomic E-state index is -2.72. The fraction of sp³-hybridized carbons (Fsp3) is 0.240. The molecule has 1 atom stereocenters. The lowest BCUT2D eigenvalue weighted by Gasteiger charge is -2.17. The Morgan fingerprint density at radius 3 is 2.63 bits per heavy atom. The second-order valence-electron chi connectivity index (χ2n) is 8.51. The van der Waals surface area contributed by atoms with E-state index in [2.05, 4.69) is 31.2 Å². The molecule has 0 radical (unpaired) electrons. The van der Waals surface area contributed by atoms with Crippen LogP contribution in [0.5, 0.6) is 0 Å². The predicted molar refractivity (Wildman–Crippen MR) is 130 cm³/mol. The molecule has 1 amide bonds. The fourth-order valence-electron chi connectivity index (χ4n) is 4.16. The third kappa shape index (κ3) is 4.75. The Kier molecular flexibility index (Phi) is 6.22. The minimum absolute atomic E-state index is 0.0869. The molecule has 1 saturated carbocycles. The van der Waals surface area contributed by atoms with E-state index in [1.165, 1.54) is 18.3 Å². The van der Waals surface area contributed by atoms with Gasteiger partial charge in [-0.2, -0.15) is 0 Å². The molecule has 1 unspecified atom stereocenters. The number of H-pyrrole nitrogens is 1. The van der Waals surface area contributed by atoms with E-state index in [9.17, 15) is 22.8 Å². The van der Waals surface area contributed by atoms with Crippen molar-refractivity contribution in [3.63, 3.8) is 0 Å². The van der Waals surface area contributed by atoms with Gasteiger partial charge in [0.15, 0.2) is 0 Å². The van der Waals surface area contributed by atoms with Crippen molar-refractivity contribution in [3.05, 3.63) is 81.1 Å². The van der Waals surface area contributed by atoms with Crippen molar-refractivity contribution in [2.45, 2.75) is 37.6 Å². The number of rotatable bonds is 7. The number of pyridine rings is 2. The SMILES string of the molecule is O=C(Nc1cc(-c2[nH]c3ccn(C4CC4)c(=O)c3c2Br)ccn1)C(CC(F)F)c1ccc(F)cc1. The average Bonchev–Trinajstić information content (AvgIpc) is 3.61. The van der Waals surface area contributed by atoms with Crippen LogP contribution in [0.4, 0.5) is 19.0 Å². The zero-order valence-electron chi connectivity index (χ0n) is 18.3. The normalized spacial score (nSPS) is 14.4. The topological polar surface area (TPSA) is 79.8 Å². The number of nitrogens with zero attached hydrogens (tertiary/aromatic N) is 2. The van der Waals surface area contributed by atoms with E-state index in [1.54, 1.807) is 22.9 Å². The maximum Gasteiger partial charge on any atom is 0.261 e. The molecule has 5 rings (SSSR count). The second-order valence-corrected chi connectivity index (χ2v) is 9.30. The number of halogens is 4. The zero-order valence-corrected chi connectivity index (χ0v) is 19.9. The number of carbonyl (C=O) groups excluding carboxylic acids is 1. The van der Waals surface area contributed by atoms with E-state index in [0.29, 0.717) is 26.6 Å². The summed E-state index contributed by atoms with van der Waals surface area (Å²) in [5, 5.41) is 3.13. The van der Waals surface area contributed by atoms with Gasteiger partial charge >= 0.3 is 0 Å². The number of amides is 1. The molecular formula is C25H20BrF3N4O2. The monoisotopic (exact) mass is 544 g/mol. The summed E-state index contributed by atoms with van der Waals surface area (Å²) in [5.74, 6) is -2.21. The van der Waals surface area contributed by atoms with Gasteiger partial charge in [-0.1, -0.05) is 12.1 Å². The van der Waals surface area contributed by atoms with Crippen LogP contribution in [0.1, 0.15) is 36.8 Å². The Morgan fingerprint density at radius 1 is 1.20 bits per heavy atom. The van der Waals surface area contributed by atoms with Gasteiger partial charge in [0, 0.05) is 30.4 Å². The van der Waals surface area contributed by atoms with Gasteiger partial charge < -0.3 is 14.9 Å². The maximum atomic E-state index is 13.3. The smallest absolute Gasteiger partial charge is 0.261 e. The lowest BCUT2D eigenvalue weighted by atomic mass is 9.95. The highest BCUT2D eigenvalue weighted by atomic mass is 79.9. The van der Waals surface area contributed by atoms with E-state index < -0.39 is 30.5 Å². The van der Waals surface area contributed by atoms with E-state index in [1.807, 2.05) is 6.07 Å². The molecule has 180 valence electrons. The molecule has 6 nitrogen and oxygen atoms in total. The van der Waals surface area contributed by atoms with E-state index >= 15 is 0 Å². The van der Waals surface area contributed by atoms with Gasteiger partial charge in [-0.05, 0) is 64.7 Å². The molecule has 10 heteroatoms. The molecule has 0 saturated heterocycles. The zero-order chi connectivity index (χ0) is 24.7. The molecule has 1 fully saturated rings. The van der Waals surface area contributed by atoms with Crippen LogP contribution >= 0.6 is 15.9 Å². The molecule has 0 bridgehead atoms. The Bertz CT molecular complexity index is 1460. The molecule has 0 aliphatic heterocycles. The Morgan fingerprint density at radius 2 is 1.94 bits per heavy atom. The molecular weight excluding hydrogens is 525 g/mol. The third-order valence-corrected chi connectivity index (χ3v) is 6.85. The average molecular weight is 545 g/mol. The minimum Gasteiger partial charge on any atom is -0.353 e. The molecule has 4 aromatic rings. The predicted octanol–water partition coefficient (Wildman–Crippen LogP) is 6.01. The van der Waals surface area contributed by atoms with E-state index in [0.717, 1.165) is 25.0 Å². The molecule has 1 aromatic carbocycles. The summed E-state index contributed by atoms with van der Waals surface area (Å²) in [7, 11) is 0.